The molecule has 8 nitrogen and oxygen atoms in total. The van der Waals surface area contributed by atoms with Gasteiger partial charge in [0.15, 0.2) is 11.4 Å². The number of hydrogen-bond donors (Lipinski definition) is 0. The Morgan fingerprint density at radius 2 is 1.89 bits per heavy atom. The molecule has 0 atom stereocenters. The van der Waals surface area contributed by atoms with Gasteiger partial charge in [0.1, 0.15) is 11.3 Å². The SMILES string of the molecule is Cc1cccc(-c2ccn(-c3cc(N4CCOCC4)c4oc(C5=CC(=O)N(C)CC5)cc4n3)n2)c1. The lowest BCUT2D eigenvalue weighted by Crippen LogP contribution is -2.36. The van der Waals surface area contributed by atoms with Gasteiger partial charge in [-0.2, -0.15) is 5.10 Å². The minimum atomic E-state index is -0.00558. The number of ether oxygens (including phenoxy) is 1. The number of rotatable bonds is 4. The monoisotopic (exact) mass is 469 g/mol. The van der Waals surface area contributed by atoms with Crippen molar-refractivity contribution in [2.45, 2.75) is 13.3 Å². The van der Waals surface area contributed by atoms with E-state index in [-0.39, 0.29) is 5.91 Å². The Morgan fingerprint density at radius 1 is 1.03 bits per heavy atom. The van der Waals surface area contributed by atoms with Gasteiger partial charge in [-0.15, -0.1) is 0 Å². The maximum atomic E-state index is 12.2. The van der Waals surface area contributed by atoms with Gasteiger partial charge in [0.05, 0.1) is 24.6 Å². The van der Waals surface area contributed by atoms with Gasteiger partial charge in [0, 0.05) is 62.2 Å². The maximum absolute atomic E-state index is 12.2. The van der Waals surface area contributed by atoms with E-state index in [1.165, 1.54) is 5.56 Å². The number of hydrogen-bond acceptors (Lipinski definition) is 6. The Kier molecular flexibility index (Phi) is 5.37. The number of morpholine rings is 1. The first-order valence-electron chi connectivity index (χ1n) is 11.9. The highest BCUT2D eigenvalue weighted by Gasteiger charge is 2.23. The number of fused-ring (bicyclic) bond motifs is 1. The Bertz CT molecular complexity index is 1440. The van der Waals surface area contributed by atoms with Crippen molar-refractivity contribution >= 4 is 28.3 Å². The minimum absolute atomic E-state index is 0.00558. The molecule has 178 valence electrons. The third-order valence-corrected chi connectivity index (χ3v) is 6.64. The van der Waals surface area contributed by atoms with Gasteiger partial charge in [0.2, 0.25) is 5.91 Å². The van der Waals surface area contributed by atoms with Crippen molar-refractivity contribution < 1.29 is 13.9 Å². The lowest BCUT2D eigenvalue weighted by Gasteiger charge is -2.29. The number of aromatic nitrogens is 3. The van der Waals surface area contributed by atoms with Gasteiger partial charge >= 0.3 is 0 Å². The summed E-state index contributed by atoms with van der Waals surface area (Å²) >= 11 is 0. The molecule has 0 spiro atoms. The predicted octanol–water partition coefficient (Wildman–Crippen LogP) is 4.07. The molecule has 4 aromatic rings. The second-order valence-electron chi connectivity index (χ2n) is 9.12. The number of aryl methyl sites for hydroxylation is 1. The zero-order valence-corrected chi connectivity index (χ0v) is 19.9. The molecule has 2 aliphatic rings. The molecule has 3 aromatic heterocycles. The fraction of sp³-hybridized carbons (Fsp3) is 0.296. The molecule has 0 aliphatic carbocycles. The second-order valence-corrected chi connectivity index (χ2v) is 9.12. The first-order chi connectivity index (χ1) is 17.0. The zero-order chi connectivity index (χ0) is 23.9. The first kappa shape index (κ1) is 21.6. The van der Waals surface area contributed by atoms with E-state index >= 15 is 0 Å². The van der Waals surface area contributed by atoms with E-state index in [9.17, 15) is 4.79 Å². The summed E-state index contributed by atoms with van der Waals surface area (Å²) < 4.78 is 13.7. The van der Waals surface area contributed by atoms with Crippen LogP contribution in [0.5, 0.6) is 0 Å². The van der Waals surface area contributed by atoms with Crippen molar-refractivity contribution in [1.82, 2.24) is 19.7 Å². The van der Waals surface area contributed by atoms with Crippen LogP contribution < -0.4 is 4.90 Å². The number of carbonyl (C=O) groups excluding carboxylic acids is 1. The van der Waals surface area contributed by atoms with Crippen LogP contribution in [0.15, 0.2) is 59.2 Å². The Morgan fingerprint density at radius 3 is 2.69 bits per heavy atom. The van der Waals surface area contributed by atoms with Crippen molar-refractivity contribution in [3.8, 4) is 17.1 Å². The lowest BCUT2D eigenvalue weighted by atomic mass is 10.1. The second kappa shape index (κ2) is 8.70. The molecule has 0 unspecified atom stereocenters. The molecule has 1 fully saturated rings. The number of pyridine rings is 1. The highest BCUT2D eigenvalue weighted by atomic mass is 16.5. The summed E-state index contributed by atoms with van der Waals surface area (Å²) in [5, 5.41) is 4.82. The van der Waals surface area contributed by atoms with Crippen molar-refractivity contribution in [3.05, 3.63) is 66.1 Å². The molecule has 0 saturated carbocycles. The molecule has 0 bridgehead atoms. The molecular weight excluding hydrogens is 442 g/mol. The summed E-state index contributed by atoms with van der Waals surface area (Å²) in [6, 6.07) is 14.3. The zero-order valence-electron chi connectivity index (χ0n) is 19.9. The molecule has 1 saturated heterocycles. The normalized spacial score (nSPS) is 16.7. The van der Waals surface area contributed by atoms with Crippen LogP contribution in [0.25, 0.3) is 33.7 Å². The molecule has 2 aliphatic heterocycles. The average molecular weight is 470 g/mol. The third kappa shape index (κ3) is 4.10. The van der Waals surface area contributed by atoms with Crippen LogP contribution in [0.4, 0.5) is 5.69 Å². The number of anilines is 1. The molecule has 0 N–H and O–H groups in total. The molecule has 35 heavy (non-hydrogen) atoms. The van der Waals surface area contributed by atoms with Crippen LogP contribution in [0.2, 0.25) is 0 Å². The van der Waals surface area contributed by atoms with Crippen LogP contribution >= 0.6 is 0 Å². The van der Waals surface area contributed by atoms with Gasteiger partial charge in [-0.05, 0) is 25.5 Å². The summed E-state index contributed by atoms with van der Waals surface area (Å²) in [5.74, 6) is 1.41. The Balaban J connectivity index is 1.44. The molecule has 0 radical (unpaired) electrons. The summed E-state index contributed by atoms with van der Waals surface area (Å²) in [6.45, 7) is 5.62. The highest BCUT2D eigenvalue weighted by Crippen LogP contribution is 2.35. The summed E-state index contributed by atoms with van der Waals surface area (Å²) in [5.41, 5.74) is 6.50. The number of likely N-dealkylation sites (N-methyl/N-ethyl adjacent to an activating group) is 1. The number of carbonyl (C=O) groups is 1. The van der Waals surface area contributed by atoms with Crippen molar-refractivity contribution in [2.24, 2.45) is 0 Å². The summed E-state index contributed by atoms with van der Waals surface area (Å²) in [4.78, 5) is 21.1. The van der Waals surface area contributed by atoms with Crippen molar-refractivity contribution in [2.75, 3.05) is 44.8 Å². The smallest absolute Gasteiger partial charge is 0.246 e. The third-order valence-electron chi connectivity index (χ3n) is 6.64. The fourth-order valence-corrected chi connectivity index (χ4v) is 4.64. The molecular formula is C27H27N5O3. The Hall–Kier alpha value is -3.91. The van der Waals surface area contributed by atoms with E-state index in [1.54, 1.807) is 11.0 Å². The summed E-state index contributed by atoms with van der Waals surface area (Å²) in [6.07, 6.45) is 4.35. The van der Waals surface area contributed by atoms with Crippen LogP contribution in [-0.4, -0.2) is 65.5 Å². The van der Waals surface area contributed by atoms with Gasteiger partial charge in [-0.3, -0.25) is 4.79 Å². The quantitative estimate of drug-likeness (QED) is 0.449. The van der Waals surface area contributed by atoms with E-state index in [0.717, 1.165) is 58.9 Å². The number of nitrogens with zero attached hydrogens (tertiary/aromatic N) is 5. The molecule has 6 rings (SSSR count). The number of furan rings is 1. The van der Waals surface area contributed by atoms with Crippen LogP contribution in [0, 0.1) is 6.92 Å². The number of amides is 1. The molecule has 8 heteroatoms. The van der Waals surface area contributed by atoms with Gasteiger partial charge < -0.3 is 19.0 Å². The van der Waals surface area contributed by atoms with E-state index in [0.29, 0.717) is 25.5 Å². The standard InChI is InChI=1S/C27H27N5O3/c1-18-4-3-5-19(14-18)21-7-9-32(29-21)25-17-23(31-10-12-34-13-11-31)27-22(28-25)16-24(35-27)20-6-8-30(2)26(33)15-20/h3-5,7,9,14-17H,6,8,10-13H2,1-2H3. The fourth-order valence-electron chi connectivity index (χ4n) is 4.64. The first-order valence-corrected chi connectivity index (χ1v) is 11.9. The predicted molar refractivity (Wildman–Crippen MR) is 135 cm³/mol. The van der Waals surface area contributed by atoms with E-state index < -0.39 is 0 Å². The maximum Gasteiger partial charge on any atom is 0.246 e. The topological polar surface area (TPSA) is 76.6 Å². The lowest BCUT2D eigenvalue weighted by molar-refractivity contribution is -0.125. The average Bonchev–Trinajstić information content (AvgIpc) is 3.53. The largest absolute Gasteiger partial charge is 0.453 e. The van der Waals surface area contributed by atoms with Gasteiger partial charge in [-0.1, -0.05) is 23.8 Å². The Labute approximate surface area is 203 Å². The van der Waals surface area contributed by atoms with Gasteiger partial charge in [0.25, 0.3) is 0 Å². The van der Waals surface area contributed by atoms with Gasteiger partial charge in [-0.25, -0.2) is 9.67 Å². The van der Waals surface area contributed by atoms with E-state index in [2.05, 4.69) is 30.0 Å². The minimum Gasteiger partial charge on any atom is -0.453 e. The van der Waals surface area contributed by atoms with Crippen molar-refractivity contribution in [3.63, 3.8) is 0 Å². The van der Waals surface area contributed by atoms with Crippen LogP contribution in [-0.2, 0) is 9.53 Å². The highest BCUT2D eigenvalue weighted by molar-refractivity contribution is 5.98. The molecule has 5 heterocycles. The summed E-state index contributed by atoms with van der Waals surface area (Å²) in [7, 11) is 1.81. The van der Waals surface area contributed by atoms with E-state index in [4.69, 9.17) is 19.2 Å². The molecule has 1 aromatic carbocycles. The van der Waals surface area contributed by atoms with Crippen LogP contribution in [0.1, 0.15) is 17.7 Å². The molecule has 1 amide bonds. The van der Waals surface area contributed by atoms with Crippen LogP contribution in [0.3, 0.4) is 0 Å². The number of benzene rings is 1. The van der Waals surface area contributed by atoms with E-state index in [1.807, 2.05) is 42.2 Å². The van der Waals surface area contributed by atoms with Crippen molar-refractivity contribution in [1.29, 1.82) is 0 Å².